The summed E-state index contributed by atoms with van der Waals surface area (Å²) in [5.41, 5.74) is 0. The van der Waals surface area contributed by atoms with E-state index in [9.17, 15) is 18.4 Å². The summed E-state index contributed by atoms with van der Waals surface area (Å²) in [5, 5.41) is 10.7. The van der Waals surface area contributed by atoms with Crippen LogP contribution in [0, 0.1) is 0 Å². The van der Waals surface area contributed by atoms with E-state index in [1.807, 2.05) is 0 Å². The molecule has 0 aromatic carbocycles. The number of hydrogen-bond donors (Lipinski definition) is 2. The number of alkyl halides is 2. The lowest BCUT2D eigenvalue weighted by molar-refractivity contribution is -0.188. The van der Waals surface area contributed by atoms with Crippen molar-refractivity contribution in [2.45, 2.75) is 26.1 Å². The van der Waals surface area contributed by atoms with Gasteiger partial charge in [-0.2, -0.15) is 8.78 Å². The van der Waals surface area contributed by atoms with Crippen molar-refractivity contribution in [3.8, 4) is 0 Å². The maximum Gasteiger partial charge on any atom is 0.346 e. The first-order valence-corrected chi connectivity index (χ1v) is 3.84. The van der Waals surface area contributed by atoms with Crippen LogP contribution in [-0.4, -0.2) is 36.2 Å². The first kappa shape index (κ1) is 12.8. The predicted octanol–water partition coefficient (Wildman–Crippen LogP) is 0.205. The fourth-order valence-electron chi connectivity index (χ4n) is 0.753. The summed E-state index contributed by atoms with van der Waals surface area (Å²) in [6.07, 6.45) is -1.79. The molecule has 1 amide bonds. The van der Waals surface area contributed by atoms with Gasteiger partial charge in [0, 0.05) is 19.9 Å². The number of nitrogens with one attached hydrogen (secondary N) is 1. The third kappa shape index (κ3) is 6.30. The minimum absolute atomic E-state index is 0.0149. The van der Waals surface area contributed by atoms with Crippen molar-refractivity contribution in [1.29, 1.82) is 0 Å². The van der Waals surface area contributed by atoms with Crippen molar-refractivity contribution in [3.05, 3.63) is 0 Å². The lowest BCUT2D eigenvalue weighted by atomic mass is 10.2. The van der Waals surface area contributed by atoms with Gasteiger partial charge in [0.15, 0.2) is 6.10 Å². The minimum atomic E-state index is -3.13. The van der Waals surface area contributed by atoms with E-state index < -0.39 is 18.7 Å². The maximum atomic E-state index is 11.7. The van der Waals surface area contributed by atoms with Gasteiger partial charge in [-0.1, -0.05) is 0 Å². The standard InChI is InChI=1S/C7H11F2NO4/c1-4(11)10-3-2-5(6(12)13)14-7(8)9/h5,7H,2-3H2,1H3,(H,10,11)(H,12,13)/t5-/m0/s1. The first-order chi connectivity index (χ1) is 6.43. The molecule has 1 atom stereocenters. The molecule has 0 fully saturated rings. The van der Waals surface area contributed by atoms with Crippen molar-refractivity contribution in [1.82, 2.24) is 5.32 Å². The van der Waals surface area contributed by atoms with Gasteiger partial charge in [-0.3, -0.25) is 4.79 Å². The summed E-state index contributed by atoms with van der Waals surface area (Å²) in [6.45, 7) is -1.91. The Kier molecular flexibility index (Phi) is 5.70. The van der Waals surface area contributed by atoms with Gasteiger partial charge in [-0.05, 0) is 0 Å². The van der Waals surface area contributed by atoms with E-state index in [0.29, 0.717) is 0 Å². The highest BCUT2D eigenvalue weighted by Crippen LogP contribution is 2.05. The second kappa shape index (κ2) is 6.25. The van der Waals surface area contributed by atoms with Crippen molar-refractivity contribution in [2.75, 3.05) is 6.54 Å². The van der Waals surface area contributed by atoms with E-state index in [4.69, 9.17) is 5.11 Å². The summed E-state index contributed by atoms with van der Waals surface area (Å²) >= 11 is 0. The molecule has 0 saturated carbocycles. The molecule has 2 N–H and O–H groups in total. The number of ether oxygens (including phenoxy) is 1. The molecule has 0 aliphatic carbocycles. The quantitative estimate of drug-likeness (QED) is 0.658. The molecule has 7 heteroatoms. The molecule has 0 rings (SSSR count). The lowest BCUT2D eigenvalue weighted by Crippen LogP contribution is -2.31. The van der Waals surface area contributed by atoms with Crippen LogP contribution in [0.15, 0.2) is 0 Å². The molecule has 0 radical (unpaired) electrons. The van der Waals surface area contributed by atoms with Gasteiger partial charge >= 0.3 is 12.6 Å². The van der Waals surface area contributed by atoms with Gasteiger partial charge in [0.25, 0.3) is 0 Å². The largest absolute Gasteiger partial charge is 0.479 e. The third-order valence-corrected chi connectivity index (χ3v) is 1.32. The van der Waals surface area contributed by atoms with Gasteiger partial charge in [0.2, 0.25) is 5.91 Å². The Hall–Kier alpha value is -1.24. The fourth-order valence-corrected chi connectivity index (χ4v) is 0.753. The normalized spacial score (nSPS) is 12.6. The lowest BCUT2D eigenvalue weighted by Gasteiger charge is -2.12. The van der Waals surface area contributed by atoms with Crippen LogP contribution in [0.4, 0.5) is 8.78 Å². The summed E-state index contributed by atoms with van der Waals surface area (Å²) in [6, 6.07) is 0. The van der Waals surface area contributed by atoms with Crippen molar-refractivity contribution in [2.24, 2.45) is 0 Å². The van der Waals surface area contributed by atoms with Crippen LogP contribution in [0.2, 0.25) is 0 Å². The Morgan fingerprint density at radius 2 is 2.07 bits per heavy atom. The molecule has 0 saturated heterocycles. The van der Waals surface area contributed by atoms with Crippen molar-refractivity contribution in [3.63, 3.8) is 0 Å². The number of carbonyl (C=O) groups is 2. The second-order valence-corrected chi connectivity index (χ2v) is 2.50. The van der Waals surface area contributed by atoms with E-state index in [-0.39, 0.29) is 18.9 Å². The van der Waals surface area contributed by atoms with Crippen LogP contribution < -0.4 is 5.32 Å². The highest BCUT2D eigenvalue weighted by molar-refractivity contribution is 5.73. The van der Waals surface area contributed by atoms with E-state index in [2.05, 4.69) is 10.1 Å². The topological polar surface area (TPSA) is 75.6 Å². The summed E-state index contributed by atoms with van der Waals surface area (Å²) in [5.74, 6) is -1.83. The van der Waals surface area contributed by atoms with Crippen LogP contribution in [-0.2, 0) is 14.3 Å². The van der Waals surface area contributed by atoms with Gasteiger partial charge in [0.1, 0.15) is 0 Å². The van der Waals surface area contributed by atoms with Crippen LogP contribution in [0.3, 0.4) is 0 Å². The molecule has 0 aromatic rings. The third-order valence-electron chi connectivity index (χ3n) is 1.32. The van der Waals surface area contributed by atoms with Crippen molar-refractivity contribution < 1.29 is 28.2 Å². The Morgan fingerprint density at radius 1 is 1.50 bits per heavy atom. The Labute approximate surface area is 79.0 Å². The SMILES string of the molecule is CC(=O)NCC[C@H](OC(F)F)C(=O)O. The number of halogens is 2. The second-order valence-electron chi connectivity index (χ2n) is 2.50. The zero-order valence-electron chi connectivity index (χ0n) is 7.50. The Morgan fingerprint density at radius 3 is 2.43 bits per heavy atom. The molecule has 0 heterocycles. The minimum Gasteiger partial charge on any atom is -0.479 e. The highest BCUT2D eigenvalue weighted by Gasteiger charge is 2.21. The van der Waals surface area contributed by atoms with Crippen LogP contribution in [0.1, 0.15) is 13.3 Å². The molecule has 14 heavy (non-hydrogen) atoms. The van der Waals surface area contributed by atoms with E-state index in [1.165, 1.54) is 6.92 Å². The van der Waals surface area contributed by atoms with E-state index in [1.54, 1.807) is 0 Å². The number of carboxylic acids is 1. The smallest absolute Gasteiger partial charge is 0.346 e. The molecule has 82 valence electrons. The van der Waals surface area contributed by atoms with Crippen LogP contribution >= 0.6 is 0 Å². The molecule has 0 spiro atoms. The Bertz CT molecular complexity index is 210. The van der Waals surface area contributed by atoms with Crippen LogP contribution in [0.25, 0.3) is 0 Å². The number of carboxylic acid groups (broad SMARTS) is 1. The Balaban J connectivity index is 3.85. The number of rotatable bonds is 6. The molecular formula is C7H11F2NO4. The number of hydrogen-bond acceptors (Lipinski definition) is 3. The van der Waals surface area contributed by atoms with Gasteiger partial charge in [-0.25, -0.2) is 4.79 Å². The van der Waals surface area contributed by atoms with Crippen molar-refractivity contribution >= 4 is 11.9 Å². The average Bonchev–Trinajstić information content (AvgIpc) is 2.00. The first-order valence-electron chi connectivity index (χ1n) is 3.84. The van der Waals surface area contributed by atoms with Crippen LogP contribution in [0.5, 0.6) is 0 Å². The molecule has 0 unspecified atom stereocenters. The average molecular weight is 211 g/mol. The molecule has 5 nitrogen and oxygen atoms in total. The number of aliphatic carboxylic acids is 1. The molecular weight excluding hydrogens is 200 g/mol. The summed E-state index contributed by atoms with van der Waals surface area (Å²) < 4.78 is 27.1. The van der Waals surface area contributed by atoms with E-state index in [0.717, 1.165) is 0 Å². The molecule has 0 aliphatic rings. The van der Waals surface area contributed by atoms with Gasteiger partial charge in [0.05, 0.1) is 0 Å². The zero-order chi connectivity index (χ0) is 11.1. The molecule has 0 aromatic heterocycles. The van der Waals surface area contributed by atoms with E-state index >= 15 is 0 Å². The maximum absolute atomic E-state index is 11.7. The zero-order valence-corrected chi connectivity index (χ0v) is 7.50. The van der Waals surface area contributed by atoms with Gasteiger partial charge in [-0.15, -0.1) is 0 Å². The number of amides is 1. The monoisotopic (exact) mass is 211 g/mol. The highest BCUT2D eigenvalue weighted by atomic mass is 19.3. The summed E-state index contributed by atoms with van der Waals surface area (Å²) in [4.78, 5) is 20.7. The fraction of sp³-hybridized carbons (Fsp3) is 0.714. The predicted molar refractivity (Wildman–Crippen MR) is 41.8 cm³/mol. The number of carbonyl (C=O) groups excluding carboxylic acids is 1. The van der Waals surface area contributed by atoms with Gasteiger partial charge < -0.3 is 15.2 Å². The molecule has 0 aliphatic heterocycles. The molecule has 0 bridgehead atoms. The summed E-state index contributed by atoms with van der Waals surface area (Å²) in [7, 11) is 0.